The maximum atomic E-state index is 13.2. The molecule has 0 aliphatic carbocycles. The van der Waals surface area contributed by atoms with Gasteiger partial charge in [-0.1, -0.05) is 60.7 Å². The Kier molecular flexibility index (Phi) is 7.47. The molecule has 1 aliphatic heterocycles. The number of carbonyl (C=O) groups is 2. The third kappa shape index (κ3) is 5.97. The van der Waals surface area contributed by atoms with Crippen LogP contribution in [0, 0.1) is 0 Å². The largest absolute Gasteiger partial charge is 0.416 e. The molecule has 1 atom stereocenters. The zero-order valence-corrected chi connectivity index (χ0v) is 19.5. The molecule has 188 valence electrons. The summed E-state index contributed by atoms with van der Waals surface area (Å²) < 4.78 is 38.8. The van der Waals surface area contributed by atoms with Crippen LogP contribution >= 0.6 is 0 Å². The molecular weight excluding hydrogens is 469 g/mol. The van der Waals surface area contributed by atoms with Crippen LogP contribution in [0.4, 0.5) is 22.8 Å². The maximum absolute atomic E-state index is 13.2. The minimum atomic E-state index is -4.38. The molecule has 4 amide bonds. The SMILES string of the molecule is NC(=O)NCC[C@H](NC(=O)N1CCc2c(cccc2-c2ccc(C(F)(F)F)cc2)C1)c1ccccc1. The molecule has 0 saturated heterocycles. The topological polar surface area (TPSA) is 87.5 Å². The van der Waals surface area contributed by atoms with Crippen LogP contribution in [-0.2, 0) is 19.1 Å². The van der Waals surface area contributed by atoms with E-state index in [2.05, 4.69) is 10.6 Å². The molecule has 0 bridgehead atoms. The number of primary amides is 1. The van der Waals surface area contributed by atoms with Gasteiger partial charge in [-0.3, -0.25) is 0 Å². The van der Waals surface area contributed by atoms with Crippen molar-refractivity contribution in [2.75, 3.05) is 13.1 Å². The summed E-state index contributed by atoms with van der Waals surface area (Å²) in [5, 5.41) is 5.62. The molecule has 3 aromatic carbocycles. The van der Waals surface area contributed by atoms with Gasteiger partial charge in [-0.05, 0) is 52.8 Å². The van der Waals surface area contributed by atoms with E-state index in [1.807, 2.05) is 48.5 Å². The summed E-state index contributed by atoms with van der Waals surface area (Å²) in [5.74, 6) is 0. The summed E-state index contributed by atoms with van der Waals surface area (Å²) in [5.41, 5.74) is 8.98. The van der Waals surface area contributed by atoms with Gasteiger partial charge in [0.25, 0.3) is 0 Å². The first-order chi connectivity index (χ1) is 17.2. The maximum Gasteiger partial charge on any atom is 0.416 e. The summed E-state index contributed by atoms with van der Waals surface area (Å²) in [6.07, 6.45) is -3.32. The summed E-state index contributed by atoms with van der Waals surface area (Å²) >= 11 is 0. The number of rotatable bonds is 6. The second-order valence-corrected chi connectivity index (χ2v) is 8.68. The van der Waals surface area contributed by atoms with Gasteiger partial charge in [0.05, 0.1) is 11.6 Å². The van der Waals surface area contributed by atoms with Gasteiger partial charge in [-0.2, -0.15) is 13.2 Å². The summed E-state index contributed by atoms with van der Waals surface area (Å²) in [7, 11) is 0. The van der Waals surface area contributed by atoms with Crippen molar-refractivity contribution < 1.29 is 22.8 Å². The van der Waals surface area contributed by atoms with Crippen LogP contribution in [0.25, 0.3) is 11.1 Å². The zero-order valence-electron chi connectivity index (χ0n) is 19.5. The number of amides is 4. The molecule has 1 aliphatic rings. The molecule has 4 rings (SSSR count). The molecule has 0 fully saturated rings. The molecule has 0 spiro atoms. The molecule has 4 N–H and O–H groups in total. The second-order valence-electron chi connectivity index (χ2n) is 8.68. The van der Waals surface area contributed by atoms with E-state index in [0.717, 1.165) is 34.4 Å². The smallest absolute Gasteiger partial charge is 0.352 e. The molecule has 3 aromatic rings. The number of hydrogen-bond donors (Lipinski definition) is 3. The first-order valence-corrected chi connectivity index (χ1v) is 11.6. The lowest BCUT2D eigenvalue weighted by molar-refractivity contribution is -0.137. The van der Waals surface area contributed by atoms with Gasteiger partial charge >= 0.3 is 18.2 Å². The summed E-state index contributed by atoms with van der Waals surface area (Å²) in [6.45, 7) is 1.17. The van der Waals surface area contributed by atoms with Gasteiger partial charge in [0, 0.05) is 19.6 Å². The lowest BCUT2D eigenvalue weighted by atomic mass is 9.90. The first kappa shape index (κ1) is 25.1. The lowest BCUT2D eigenvalue weighted by Crippen LogP contribution is -2.44. The van der Waals surface area contributed by atoms with Crippen molar-refractivity contribution >= 4 is 12.1 Å². The Labute approximate surface area is 207 Å². The van der Waals surface area contributed by atoms with Gasteiger partial charge in [0.2, 0.25) is 0 Å². The standard InChI is InChI=1S/C27H27F3N4O2/c28-27(29,30)21-11-9-18(10-12-21)22-8-4-7-20-17-34(16-14-23(20)22)26(36)33-24(13-15-32-25(31)35)19-5-2-1-3-6-19/h1-12,24H,13-17H2,(H,33,36)(H3,31,32,35)/t24-/m0/s1. The normalized spacial score (nSPS) is 14.0. The second kappa shape index (κ2) is 10.7. The zero-order chi connectivity index (χ0) is 25.7. The van der Waals surface area contributed by atoms with E-state index in [9.17, 15) is 22.8 Å². The molecule has 0 radical (unpaired) electrons. The fourth-order valence-electron chi connectivity index (χ4n) is 4.48. The van der Waals surface area contributed by atoms with Gasteiger partial charge in [-0.25, -0.2) is 9.59 Å². The number of urea groups is 2. The van der Waals surface area contributed by atoms with E-state index in [1.54, 1.807) is 4.90 Å². The van der Waals surface area contributed by atoms with Crippen LogP contribution in [0.2, 0.25) is 0 Å². The van der Waals surface area contributed by atoms with Crippen LogP contribution in [0.1, 0.15) is 34.7 Å². The Balaban J connectivity index is 1.48. The number of benzene rings is 3. The molecule has 0 saturated carbocycles. The Hall–Kier alpha value is -4.01. The van der Waals surface area contributed by atoms with Crippen LogP contribution in [-0.4, -0.2) is 30.1 Å². The number of halogens is 3. The van der Waals surface area contributed by atoms with Gasteiger partial charge in [0.1, 0.15) is 0 Å². The quantitative estimate of drug-likeness (QED) is 0.436. The van der Waals surface area contributed by atoms with E-state index < -0.39 is 17.8 Å². The van der Waals surface area contributed by atoms with Crippen molar-refractivity contribution in [1.82, 2.24) is 15.5 Å². The Morgan fingerprint density at radius 2 is 1.69 bits per heavy atom. The monoisotopic (exact) mass is 496 g/mol. The van der Waals surface area contributed by atoms with Crippen molar-refractivity contribution in [3.63, 3.8) is 0 Å². The van der Waals surface area contributed by atoms with Crippen molar-refractivity contribution in [1.29, 1.82) is 0 Å². The number of nitrogens with two attached hydrogens (primary N) is 1. The van der Waals surface area contributed by atoms with Crippen LogP contribution in [0.3, 0.4) is 0 Å². The van der Waals surface area contributed by atoms with Crippen LogP contribution < -0.4 is 16.4 Å². The molecule has 36 heavy (non-hydrogen) atoms. The molecule has 0 unspecified atom stereocenters. The van der Waals surface area contributed by atoms with E-state index in [4.69, 9.17) is 5.73 Å². The molecule has 9 heteroatoms. The highest BCUT2D eigenvalue weighted by atomic mass is 19.4. The fraction of sp³-hybridized carbons (Fsp3) is 0.259. The number of hydrogen-bond acceptors (Lipinski definition) is 2. The minimum absolute atomic E-state index is 0.228. The predicted octanol–water partition coefficient (Wildman–Crippen LogP) is 5.24. The van der Waals surface area contributed by atoms with Crippen LogP contribution in [0.15, 0.2) is 72.8 Å². The summed E-state index contributed by atoms with van der Waals surface area (Å²) in [4.78, 5) is 25.9. The number of nitrogens with one attached hydrogen (secondary N) is 2. The highest BCUT2D eigenvalue weighted by molar-refractivity contribution is 5.76. The minimum Gasteiger partial charge on any atom is -0.352 e. The average Bonchev–Trinajstić information content (AvgIpc) is 2.87. The highest BCUT2D eigenvalue weighted by Crippen LogP contribution is 2.34. The van der Waals surface area contributed by atoms with Crippen molar-refractivity contribution in [3.8, 4) is 11.1 Å². The highest BCUT2D eigenvalue weighted by Gasteiger charge is 2.30. The van der Waals surface area contributed by atoms with Gasteiger partial charge < -0.3 is 21.3 Å². The molecular formula is C27H27F3N4O2. The van der Waals surface area contributed by atoms with E-state index in [0.29, 0.717) is 38.0 Å². The van der Waals surface area contributed by atoms with Crippen molar-refractivity contribution in [2.45, 2.75) is 31.6 Å². The first-order valence-electron chi connectivity index (χ1n) is 11.6. The Bertz CT molecular complexity index is 1210. The van der Waals surface area contributed by atoms with E-state index in [1.165, 1.54) is 12.1 Å². The number of carbonyl (C=O) groups excluding carboxylic acids is 2. The molecule has 6 nitrogen and oxygen atoms in total. The molecule has 0 aromatic heterocycles. The van der Waals surface area contributed by atoms with Gasteiger partial charge in [0.15, 0.2) is 0 Å². The Morgan fingerprint density at radius 1 is 0.972 bits per heavy atom. The lowest BCUT2D eigenvalue weighted by Gasteiger charge is -2.32. The fourth-order valence-corrected chi connectivity index (χ4v) is 4.48. The van der Waals surface area contributed by atoms with Crippen molar-refractivity contribution in [2.24, 2.45) is 5.73 Å². The predicted molar refractivity (Wildman–Crippen MR) is 131 cm³/mol. The van der Waals surface area contributed by atoms with E-state index in [-0.39, 0.29) is 12.1 Å². The number of alkyl halides is 3. The molecule has 1 heterocycles. The van der Waals surface area contributed by atoms with Crippen molar-refractivity contribution in [3.05, 3.63) is 95.1 Å². The van der Waals surface area contributed by atoms with Crippen LogP contribution in [0.5, 0.6) is 0 Å². The summed E-state index contributed by atoms with van der Waals surface area (Å²) in [6, 6.07) is 19.2. The van der Waals surface area contributed by atoms with Gasteiger partial charge in [-0.15, -0.1) is 0 Å². The average molecular weight is 497 g/mol. The van der Waals surface area contributed by atoms with E-state index >= 15 is 0 Å². The third-order valence-corrected chi connectivity index (χ3v) is 6.31. The number of nitrogens with zero attached hydrogens (tertiary/aromatic N) is 1. The Morgan fingerprint density at radius 3 is 2.36 bits per heavy atom. The third-order valence-electron chi connectivity index (χ3n) is 6.31. The number of fused-ring (bicyclic) bond motifs is 1.